The van der Waals surface area contributed by atoms with Gasteiger partial charge in [-0.05, 0) is 27.4 Å². The molecule has 0 unspecified atom stereocenters. The van der Waals surface area contributed by atoms with Crippen LogP contribution in [0.15, 0.2) is 0 Å². The van der Waals surface area contributed by atoms with Gasteiger partial charge in [0.05, 0.1) is 0 Å². The van der Waals surface area contributed by atoms with Gasteiger partial charge in [0.25, 0.3) is 0 Å². The summed E-state index contributed by atoms with van der Waals surface area (Å²) in [6, 6.07) is 0. The van der Waals surface area contributed by atoms with Crippen LogP contribution in [0.2, 0.25) is 0 Å². The lowest BCUT2D eigenvalue weighted by Gasteiger charge is -2.02. The zero-order valence-corrected chi connectivity index (χ0v) is 13.7. The first-order valence-corrected chi connectivity index (χ1v) is 8.08. The molecule has 0 rings (SSSR count). The maximum Gasteiger partial charge on any atom is 0.219 e. The SMILES string of the molecule is CCCCCCCCCCCC(=O)NCC.CNC. The smallest absolute Gasteiger partial charge is 0.219 e. The predicted octanol–water partition coefficient (Wildman–Crippen LogP) is 3.88. The maximum atomic E-state index is 11.1. The molecule has 116 valence electrons. The Balaban J connectivity index is 0. The molecule has 0 fully saturated rings. The summed E-state index contributed by atoms with van der Waals surface area (Å²) in [5.41, 5.74) is 0. The molecule has 0 aromatic carbocycles. The van der Waals surface area contributed by atoms with Crippen molar-refractivity contribution < 1.29 is 4.79 Å². The van der Waals surface area contributed by atoms with Crippen molar-refractivity contribution in [1.29, 1.82) is 0 Å². The zero-order valence-electron chi connectivity index (χ0n) is 13.7. The molecule has 0 aromatic heterocycles. The molecule has 0 radical (unpaired) electrons. The number of amides is 1. The molecule has 1 amide bonds. The van der Waals surface area contributed by atoms with E-state index in [-0.39, 0.29) is 5.91 Å². The van der Waals surface area contributed by atoms with Crippen molar-refractivity contribution in [3.8, 4) is 0 Å². The van der Waals surface area contributed by atoms with Crippen molar-refractivity contribution in [3.05, 3.63) is 0 Å². The normalized spacial score (nSPS) is 9.68. The highest BCUT2D eigenvalue weighted by Gasteiger charge is 1.98. The highest BCUT2D eigenvalue weighted by atomic mass is 16.1. The van der Waals surface area contributed by atoms with Crippen molar-refractivity contribution >= 4 is 5.91 Å². The van der Waals surface area contributed by atoms with Gasteiger partial charge in [-0.2, -0.15) is 0 Å². The Morgan fingerprint density at radius 2 is 1.21 bits per heavy atom. The quantitative estimate of drug-likeness (QED) is 0.560. The molecule has 3 heteroatoms. The summed E-state index contributed by atoms with van der Waals surface area (Å²) in [5, 5.41) is 5.58. The number of carbonyl (C=O) groups is 1. The number of unbranched alkanes of at least 4 members (excludes halogenated alkanes) is 8. The van der Waals surface area contributed by atoms with Gasteiger partial charge in [0, 0.05) is 13.0 Å². The molecule has 0 aliphatic rings. The average molecular weight is 272 g/mol. The van der Waals surface area contributed by atoms with Gasteiger partial charge in [0.2, 0.25) is 5.91 Å². The predicted molar refractivity (Wildman–Crippen MR) is 85.5 cm³/mol. The zero-order chi connectivity index (χ0) is 14.8. The van der Waals surface area contributed by atoms with Crippen molar-refractivity contribution in [3.63, 3.8) is 0 Å². The largest absolute Gasteiger partial charge is 0.356 e. The molecule has 0 aromatic rings. The number of nitrogens with one attached hydrogen (secondary N) is 2. The third kappa shape index (κ3) is 23.0. The molecular formula is C16H36N2O. The summed E-state index contributed by atoms with van der Waals surface area (Å²) in [4.78, 5) is 11.1. The third-order valence-electron chi connectivity index (χ3n) is 2.88. The molecule has 0 saturated heterocycles. The number of carbonyl (C=O) groups excluding carboxylic acids is 1. The number of hydrogen-bond acceptors (Lipinski definition) is 2. The Hall–Kier alpha value is -0.570. The Morgan fingerprint density at radius 3 is 1.63 bits per heavy atom. The van der Waals surface area contributed by atoms with Crippen molar-refractivity contribution in [2.45, 2.75) is 78.1 Å². The number of hydrogen-bond donors (Lipinski definition) is 2. The van der Waals surface area contributed by atoms with Crippen LogP contribution in [0.5, 0.6) is 0 Å². The van der Waals surface area contributed by atoms with E-state index in [0.717, 1.165) is 13.0 Å². The first kappa shape index (κ1) is 20.7. The van der Waals surface area contributed by atoms with Crippen LogP contribution in [0, 0.1) is 0 Å². The molecular weight excluding hydrogens is 236 g/mol. The molecule has 3 nitrogen and oxygen atoms in total. The second-order valence-electron chi connectivity index (χ2n) is 5.03. The topological polar surface area (TPSA) is 41.1 Å². The Kier molecular flexibility index (Phi) is 21.6. The monoisotopic (exact) mass is 272 g/mol. The van der Waals surface area contributed by atoms with Gasteiger partial charge in [-0.3, -0.25) is 4.79 Å². The summed E-state index contributed by atoms with van der Waals surface area (Å²) in [7, 11) is 3.75. The minimum atomic E-state index is 0.213. The summed E-state index contributed by atoms with van der Waals surface area (Å²) in [5.74, 6) is 0.213. The second kappa shape index (κ2) is 19.8. The molecule has 0 spiro atoms. The van der Waals surface area contributed by atoms with E-state index in [0.29, 0.717) is 6.42 Å². The van der Waals surface area contributed by atoms with Gasteiger partial charge in [-0.25, -0.2) is 0 Å². The van der Waals surface area contributed by atoms with Crippen LogP contribution < -0.4 is 10.6 Å². The summed E-state index contributed by atoms with van der Waals surface area (Å²) >= 11 is 0. The number of rotatable bonds is 11. The molecule has 0 saturated carbocycles. The van der Waals surface area contributed by atoms with Crippen LogP contribution in [0.4, 0.5) is 0 Å². The van der Waals surface area contributed by atoms with E-state index in [1.54, 1.807) is 0 Å². The lowest BCUT2D eigenvalue weighted by molar-refractivity contribution is -0.121. The van der Waals surface area contributed by atoms with Gasteiger partial charge in [-0.15, -0.1) is 0 Å². The fourth-order valence-electron chi connectivity index (χ4n) is 1.88. The summed E-state index contributed by atoms with van der Waals surface area (Å²) in [6.07, 6.45) is 12.5. The minimum absolute atomic E-state index is 0.213. The van der Waals surface area contributed by atoms with Crippen LogP contribution in [0.25, 0.3) is 0 Å². The molecule has 0 aliphatic carbocycles. The van der Waals surface area contributed by atoms with Crippen LogP contribution in [-0.4, -0.2) is 26.5 Å². The Bertz CT molecular complexity index is 172. The lowest BCUT2D eigenvalue weighted by Crippen LogP contribution is -2.21. The van der Waals surface area contributed by atoms with E-state index in [1.807, 2.05) is 21.0 Å². The van der Waals surface area contributed by atoms with E-state index in [2.05, 4.69) is 17.6 Å². The van der Waals surface area contributed by atoms with Gasteiger partial charge >= 0.3 is 0 Å². The molecule has 0 aliphatic heterocycles. The third-order valence-corrected chi connectivity index (χ3v) is 2.88. The van der Waals surface area contributed by atoms with Crippen LogP contribution in [0.1, 0.15) is 78.1 Å². The van der Waals surface area contributed by atoms with E-state index < -0.39 is 0 Å². The first-order chi connectivity index (χ1) is 9.22. The van der Waals surface area contributed by atoms with Crippen LogP contribution in [-0.2, 0) is 4.79 Å². The average Bonchev–Trinajstić information content (AvgIpc) is 2.38. The molecule has 2 N–H and O–H groups in total. The van der Waals surface area contributed by atoms with E-state index in [4.69, 9.17) is 0 Å². The van der Waals surface area contributed by atoms with Gasteiger partial charge < -0.3 is 10.6 Å². The Morgan fingerprint density at radius 1 is 0.789 bits per heavy atom. The summed E-state index contributed by atoms with van der Waals surface area (Å²) < 4.78 is 0. The highest BCUT2D eigenvalue weighted by Crippen LogP contribution is 2.10. The Labute approximate surface area is 120 Å². The van der Waals surface area contributed by atoms with Crippen molar-refractivity contribution in [2.75, 3.05) is 20.6 Å². The standard InChI is InChI=1S/C14H29NO.C2H7N/c1-3-5-6-7-8-9-10-11-12-13-14(16)15-4-2;1-3-2/h3-13H2,1-2H3,(H,15,16);3H,1-2H3. The van der Waals surface area contributed by atoms with Gasteiger partial charge in [0.1, 0.15) is 0 Å². The van der Waals surface area contributed by atoms with E-state index >= 15 is 0 Å². The summed E-state index contributed by atoms with van der Waals surface area (Å²) in [6.45, 7) is 4.98. The van der Waals surface area contributed by atoms with E-state index in [1.165, 1.54) is 51.4 Å². The lowest BCUT2D eigenvalue weighted by atomic mass is 10.1. The van der Waals surface area contributed by atoms with Gasteiger partial charge in [-0.1, -0.05) is 58.3 Å². The minimum Gasteiger partial charge on any atom is -0.356 e. The molecule has 0 bridgehead atoms. The van der Waals surface area contributed by atoms with E-state index in [9.17, 15) is 4.79 Å². The highest BCUT2D eigenvalue weighted by molar-refractivity contribution is 5.75. The fraction of sp³-hybridized carbons (Fsp3) is 0.938. The second-order valence-corrected chi connectivity index (χ2v) is 5.03. The molecule has 0 atom stereocenters. The van der Waals surface area contributed by atoms with Crippen LogP contribution >= 0.6 is 0 Å². The molecule has 19 heavy (non-hydrogen) atoms. The van der Waals surface area contributed by atoms with Crippen molar-refractivity contribution in [2.24, 2.45) is 0 Å². The van der Waals surface area contributed by atoms with Gasteiger partial charge in [0.15, 0.2) is 0 Å². The fourth-order valence-corrected chi connectivity index (χ4v) is 1.88. The molecule has 0 heterocycles. The van der Waals surface area contributed by atoms with Crippen LogP contribution in [0.3, 0.4) is 0 Å². The first-order valence-electron chi connectivity index (χ1n) is 8.08. The maximum absolute atomic E-state index is 11.1. The van der Waals surface area contributed by atoms with Crippen molar-refractivity contribution in [1.82, 2.24) is 10.6 Å².